The largest absolute Gasteiger partial charge is 0.463 e. The Morgan fingerprint density at radius 2 is 1.92 bits per heavy atom. The summed E-state index contributed by atoms with van der Waals surface area (Å²) in [6.07, 6.45) is 3.13. The minimum atomic E-state index is -0.420. The predicted molar refractivity (Wildman–Crippen MR) is 96.9 cm³/mol. The minimum absolute atomic E-state index is 0.0860. The molecule has 0 saturated carbocycles. The Morgan fingerprint density at radius 3 is 2.62 bits per heavy atom. The Labute approximate surface area is 155 Å². The van der Waals surface area contributed by atoms with E-state index in [2.05, 4.69) is 34.0 Å². The molecule has 0 radical (unpaired) electrons. The van der Waals surface area contributed by atoms with Gasteiger partial charge in [-0.15, -0.1) is 10.2 Å². The van der Waals surface area contributed by atoms with Crippen LogP contribution >= 0.6 is 11.6 Å². The molecule has 3 aromatic heterocycles. The van der Waals surface area contributed by atoms with Gasteiger partial charge in [-0.05, 0) is 36.8 Å². The number of hydrogen-bond acceptors (Lipinski definition) is 7. The summed E-state index contributed by atoms with van der Waals surface area (Å²) in [6.45, 7) is 7.72. The molecule has 0 bridgehead atoms. The summed E-state index contributed by atoms with van der Waals surface area (Å²) < 4.78 is 10.7. The Hall–Kier alpha value is -2.54. The topological polar surface area (TPSA) is 91.0 Å². The number of rotatable bonds is 5. The number of carbonyl (C=O) groups excluding carboxylic acids is 1. The molecular formula is C18H19ClN4O3. The Balaban J connectivity index is 1.99. The second-order valence-corrected chi connectivity index (χ2v) is 6.87. The number of pyridine rings is 2. The second-order valence-electron chi connectivity index (χ2n) is 6.49. The van der Waals surface area contributed by atoms with Gasteiger partial charge in [0.05, 0.1) is 6.10 Å². The van der Waals surface area contributed by atoms with Crippen molar-refractivity contribution in [2.45, 2.75) is 46.1 Å². The number of esters is 1. The van der Waals surface area contributed by atoms with Crippen molar-refractivity contribution < 1.29 is 13.9 Å². The number of carbonyl (C=O) groups is 1. The molecule has 136 valence electrons. The fourth-order valence-electron chi connectivity index (χ4n) is 2.61. The second kappa shape index (κ2) is 7.37. The molecule has 26 heavy (non-hydrogen) atoms. The molecule has 0 N–H and O–H groups in total. The van der Waals surface area contributed by atoms with E-state index in [9.17, 15) is 4.79 Å². The first-order valence-electron chi connectivity index (χ1n) is 8.31. The smallest absolute Gasteiger partial charge is 0.315 e. The fourth-order valence-corrected chi connectivity index (χ4v) is 2.77. The van der Waals surface area contributed by atoms with Crippen molar-refractivity contribution in [3.63, 3.8) is 0 Å². The number of halogens is 1. The zero-order chi connectivity index (χ0) is 18.8. The van der Waals surface area contributed by atoms with E-state index in [-0.39, 0.29) is 30.2 Å². The van der Waals surface area contributed by atoms with Gasteiger partial charge in [-0.2, -0.15) is 0 Å². The average Bonchev–Trinajstić information content (AvgIpc) is 3.00. The van der Waals surface area contributed by atoms with E-state index < -0.39 is 5.97 Å². The third-order valence-electron chi connectivity index (χ3n) is 3.72. The Bertz CT molecular complexity index is 953. The summed E-state index contributed by atoms with van der Waals surface area (Å²) in [4.78, 5) is 20.4. The average molecular weight is 375 g/mol. The lowest BCUT2D eigenvalue weighted by Crippen LogP contribution is -2.13. The maximum Gasteiger partial charge on any atom is 0.315 e. The molecule has 0 atom stereocenters. The number of hydrogen-bond donors (Lipinski definition) is 0. The molecule has 3 heterocycles. The molecule has 0 saturated heterocycles. The van der Waals surface area contributed by atoms with Crippen LogP contribution in [0.2, 0.25) is 5.15 Å². The van der Waals surface area contributed by atoms with Crippen LogP contribution in [0.4, 0.5) is 0 Å². The van der Waals surface area contributed by atoms with Crippen molar-refractivity contribution in [1.29, 1.82) is 0 Å². The van der Waals surface area contributed by atoms with Gasteiger partial charge >= 0.3 is 5.97 Å². The summed E-state index contributed by atoms with van der Waals surface area (Å²) in [7, 11) is 0. The number of fused-ring (bicyclic) bond motifs is 1. The minimum Gasteiger partial charge on any atom is -0.463 e. The molecule has 3 aromatic rings. The Morgan fingerprint density at radius 1 is 1.15 bits per heavy atom. The molecule has 0 spiro atoms. The van der Waals surface area contributed by atoms with Crippen molar-refractivity contribution >= 4 is 28.3 Å². The number of nitrogens with zero attached hydrogens (tertiary/aromatic N) is 4. The highest BCUT2D eigenvalue weighted by Gasteiger charge is 2.19. The molecule has 7 nitrogen and oxygen atoms in total. The summed E-state index contributed by atoms with van der Waals surface area (Å²) in [5.74, 6) is 0.246. The van der Waals surface area contributed by atoms with Gasteiger partial charge in [-0.1, -0.05) is 25.4 Å². The first-order chi connectivity index (χ1) is 12.3. The van der Waals surface area contributed by atoms with E-state index in [1.165, 1.54) is 0 Å². The molecule has 0 unspecified atom stereocenters. The fraction of sp³-hybridized carbons (Fsp3) is 0.389. The van der Waals surface area contributed by atoms with E-state index in [1.807, 2.05) is 0 Å². The summed E-state index contributed by atoms with van der Waals surface area (Å²) in [6, 6.07) is 1.80. The summed E-state index contributed by atoms with van der Waals surface area (Å²) in [5, 5.41) is 10.0. The van der Waals surface area contributed by atoms with E-state index in [1.54, 1.807) is 32.3 Å². The monoisotopic (exact) mass is 374 g/mol. The van der Waals surface area contributed by atoms with E-state index in [0.717, 1.165) is 16.3 Å². The molecule has 0 aliphatic carbocycles. The van der Waals surface area contributed by atoms with Crippen molar-refractivity contribution in [3.8, 4) is 11.6 Å². The van der Waals surface area contributed by atoms with Crippen molar-refractivity contribution in [2.24, 2.45) is 0 Å². The molecule has 0 aromatic carbocycles. The van der Waals surface area contributed by atoms with Crippen LogP contribution in [-0.4, -0.2) is 32.2 Å². The predicted octanol–water partition coefficient (Wildman–Crippen LogP) is 3.95. The van der Waals surface area contributed by atoms with Crippen molar-refractivity contribution in [1.82, 2.24) is 20.2 Å². The van der Waals surface area contributed by atoms with Gasteiger partial charge in [0.1, 0.15) is 17.3 Å². The van der Waals surface area contributed by atoms with Gasteiger partial charge in [-0.25, -0.2) is 4.98 Å². The number of ether oxygens (including phenoxy) is 1. The molecule has 8 heteroatoms. The number of aromatic nitrogens is 4. The van der Waals surface area contributed by atoms with Gasteiger partial charge in [0, 0.05) is 17.8 Å². The van der Waals surface area contributed by atoms with Gasteiger partial charge < -0.3 is 9.15 Å². The molecule has 3 rings (SSSR count). The zero-order valence-corrected chi connectivity index (χ0v) is 15.7. The summed E-state index contributed by atoms with van der Waals surface area (Å²) >= 11 is 6.06. The first-order valence-corrected chi connectivity index (χ1v) is 8.69. The quantitative estimate of drug-likeness (QED) is 0.493. The molecule has 0 aliphatic heterocycles. The lowest BCUT2D eigenvalue weighted by molar-refractivity contribution is -0.146. The highest BCUT2D eigenvalue weighted by molar-refractivity contribution is 6.30. The molecule has 0 amide bonds. The summed E-state index contributed by atoms with van der Waals surface area (Å²) in [5.41, 5.74) is 1.55. The van der Waals surface area contributed by atoms with Crippen molar-refractivity contribution in [2.75, 3.05) is 0 Å². The molecule has 0 fully saturated rings. The van der Waals surface area contributed by atoms with E-state index >= 15 is 0 Å². The lowest BCUT2D eigenvalue weighted by atomic mass is 9.98. The van der Waals surface area contributed by atoms with Gasteiger partial charge in [0.25, 0.3) is 5.89 Å². The van der Waals surface area contributed by atoms with Crippen LogP contribution in [0.1, 0.15) is 45.1 Å². The lowest BCUT2D eigenvalue weighted by Gasteiger charge is -2.11. The van der Waals surface area contributed by atoms with Crippen LogP contribution in [0.3, 0.4) is 0 Å². The van der Waals surface area contributed by atoms with Gasteiger partial charge in [0.15, 0.2) is 0 Å². The highest BCUT2D eigenvalue weighted by atomic mass is 35.5. The maximum absolute atomic E-state index is 11.7. The van der Waals surface area contributed by atoms with E-state index in [4.69, 9.17) is 20.8 Å². The highest BCUT2D eigenvalue weighted by Crippen LogP contribution is 2.32. The van der Waals surface area contributed by atoms with Crippen LogP contribution in [0, 0.1) is 0 Å². The maximum atomic E-state index is 11.7. The molecular weight excluding hydrogens is 356 g/mol. The van der Waals surface area contributed by atoms with E-state index in [0.29, 0.717) is 10.8 Å². The van der Waals surface area contributed by atoms with Gasteiger partial charge in [0.2, 0.25) is 5.89 Å². The van der Waals surface area contributed by atoms with Crippen LogP contribution in [0.25, 0.3) is 22.4 Å². The van der Waals surface area contributed by atoms with Crippen LogP contribution in [0.15, 0.2) is 22.9 Å². The standard InChI is InChI=1S/C18H19ClN4O3/c1-9(2)12-7-21-17(13-8-20-14(19)5-11(12)13)18-23-22-15(26-18)6-16(24)25-10(3)4/h5,7-10H,6H2,1-4H3. The van der Waals surface area contributed by atoms with Crippen LogP contribution in [0.5, 0.6) is 0 Å². The normalized spacial score (nSPS) is 11.5. The van der Waals surface area contributed by atoms with Crippen LogP contribution < -0.4 is 0 Å². The molecule has 0 aliphatic rings. The van der Waals surface area contributed by atoms with Crippen LogP contribution in [-0.2, 0) is 16.0 Å². The first kappa shape index (κ1) is 18.3. The van der Waals surface area contributed by atoms with Crippen molar-refractivity contribution in [3.05, 3.63) is 35.1 Å². The third kappa shape index (κ3) is 3.83. The third-order valence-corrected chi connectivity index (χ3v) is 3.93. The Kier molecular flexibility index (Phi) is 5.18. The van der Waals surface area contributed by atoms with Gasteiger partial charge in [-0.3, -0.25) is 9.78 Å². The SMILES string of the molecule is CC(C)OC(=O)Cc1nnc(-c2ncc(C(C)C)c3cc(Cl)ncc23)o1. The zero-order valence-electron chi connectivity index (χ0n) is 15.0.